The first-order valence-corrected chi connectivity index (χ1v) is 8.82. The lowest BCUT2D eigenvalue weighted by Gasteiger charge is -2.33. The Morgan fingerprint density at radius 3 is 2.93 bits per heavy atom. The van der Waals surface area contributed by atoms with E-state index in [2.05, 4.69) is 10.3 Å². The second-order valence-corrected chi connectivity index (χ2v) is 6.60. The van der Waals surface area contributed by atoms with Crippen molar-refractivity contribution in [1.82, 2.24) is 14.5 Å². The summed E-state index contributed by atoms with van der Waals surface area (Å²) in [5.41, 5.74) is 1.17. The van der Waals surface area contributed by atoms with Crippen molar-refractivity contribution in [2.45, 2.75) is 25.3 Å². The van der Waals surface area contributed by atoms with Crippen LogP contribution in [0.1, 0.15) is 29.8 Å². The molecule has 1 aliphatic rings. The third kappa shape index (κ3) is 3.18. The number of aromatic nitrogens is 2. The summed E-state index contributed by atoms with van der Waals surface area (Å²) < 4.78 is 20.3. The summed E-state index contributed by atoms with van der Waals surface area (Å²) in [5.74, 6) is -0.467. The Labute approximate surface area is 154 Å². The first-order valence-electron chi connectivity index (χ1n) is 8.82. The van der Waals surface area contributed by atoms with Crippen molar-refractivity contribution in [3.05, 3.63) is 48.2 Å². The smallest absolute Gasteiger partial charge is 0.290 e. The van der Waals surface area contributed by atoms with Gasteiger partial charge in [-0.15, -0.1) is 0 Å². The van der Waals surface area contributed by atoms with Crippen molar-refractivity contribution in [3.63, 3.8) is 0 Å². The molecule has 140 valence electrons. The molecular weight excluding hydrogens is 351 g/mol. The number of rotatable bonds is 3. The highest BCUT2D eigenvalue weighted by Gasteiger charge is 2.34. The van der Waals surface area contributed by atoms with Gasteiger partial charge in [-0.25, -0.2) is 9.37 Å². The van der Waals surface area contributed by atoms with Crippen LogP contribution < -0.4 is 5.32 Å². The Kier molecular flexibility index (Phi) is 4.39. The van der Waals surface area contributed by atoms with Crippen molar-refractivity contribution >= 4 is 28.8 Å². The van der Waals surface area contributed by atoms with E-state index in [1.807, 2.05) is 0 Å². The van der Waals surface area contributed by atoms with Crippen LogP contribution in [0.25, 0.3) is 11.0 Å². The summed E-state index contributed by atoms with van der Waals surface area (Å²) >= 11 is 0. The van der Waals surface area contributed by atoms with Gasteiger partial charge in [-0.1, -0.05) is 0 Å². The van der Waals surface area contributed by atoms with Gasteiger partial charge in [0.15, 0.2) is 5.76 Å². The summed E-state index contributed by atoms with van der Waals surface area (Å²) in [6, 6.07) is 6.91. The average Bonchev–Trinajstić information content (AvgIpc) is 3.30. The van der Waals surface area contributed by atoms with Crippen LogP contribution in [0.5, 0.6) is 0 Å². The normalized spacial score (nSPS) is 17.3. The zero-order chi connectivity index (χ0) is 19.0. The van der Waals surface area contributed by atoms with E-state index in [9.17, 15) is 14.0 Å². The molecule has 3 aromatic rings. The Hall–Kier alpha value is -3.16. The summed E-state index contributed by atoms with van der Waals surface area (Å²) in [5, 5.41) is 2.78. The predicted molar refractivity (Wildman–Crippen MR) is 96.7 cm³/mol. The fraction of sp³-hybridized carbons (Fsp3) is 0.316. The number of piperidine rings is 1. The minimum absolute atomic E-state index is 0.216. The summed E-state index contributed by atoms with van der Waals surface area (Å²) in [6.07, 6.45) is 3.69. The number of nitrogens with zero attached hydrogens (tertiary/aromatic N) is 3. The molecule has 2 aromatic heterocycles. The number of fused-ring (bicyclic) bond motifs is 1. The van der Waals surface area contributed by atoms with Gasteiger partial charge in [0.25, 0.3) is 5.91 Å². The van der Waals surface area contributed by atoms with Gasteiger partial charge in [-0.05, 0) is 43.5 Å². The minimum Gasteiger partial charge on any atom is -0.459 e. The molecule has 1 atom stereocenters. The fourth-order valence-electron chi connectivity index (χ4n) is 3.47. The van der Waals surface area contributed by atoms with Gasteiger partial charge in [0, 0.05) is 19.7 Å². The molecule has 1 aromatic carbocycles. The molecule has 2 amide bonds. The molecule has 1 unspecified atom stereocenters. The predicted octanol–water partition coefficient (Wildman–Crippen LogP) is 2.94. The van der Waals surface area contributed by atoms with Gasteiger partial charge < -0.3 is 13.9 Å². The average molecular weight is 370 g/mol. The van der Waals surface area contributed by atoms with Crippen LogP contribution in [0.2, 0.25) is 0 Å². The van der Waals surface area contributed by atoms with Crippen LogP contribution in [0.3, 0.4) is 0 Å². The highest BCUT2D eigenvalue weighted by molar-refractivity contribution is 6.00. The SMILES string of the molecule is Cn1c(NC(=O)C2CCCCN2C(=O)c2ccco2)nc2cc(F)ccc21. The topological polar surface area (TPSA) is 80.4 Å². The molecule has 4 rings (SSSR count). The molecule has 0 saturated carbocycles. The number of hydrogen-bond acceptors (Lipinski definition) is 4. The molecular formula is C19H19FN4O3. The number of likely N-dealkylation sites (tertiary alicyclic amines) is 1. The van der Waals surface area contributed by atoms with E-state index in [1.165, 1.54) is 18.4 Å². The lowest BCUT2D eigenvalue weighted by molar-refractivity contribution is -0.121. The van der Waals surface area contributed by atoms with Crippen LogP contribution in [0.15, 0.2) is 41.0 Å². The molecule has 1 aliphatic heterocycles. The van der Waals surface area contributed by atoms with E-state index < -0.39 is 6.04 Å². The second kappa shape index (κ2) is 6.86. The van der Waals surface area contributed by atoms with Gasteiger partial charge in [-0.2, -0.15) is 0 Å². The quantitative estimate of drug-likeness (QED) is 0.769. The molecule has 0 bridgehead atoms. The van der Waals surface area contributed by atoms with Crippen molar-refractivity contribution in [2.24, 2.45) is 7.05 Å². The first-order chi connectivity index (χ1) is 13.0. The molecule has 1 fully saturated rings. The molecule has 8 heteroatoms. The Balaban J connectivity index is 1.57. The largest absolute Gasteiger partial charge is 0.459 e. The zero-order valence-corrected chi connectivity index (χ0v) is 14.8. The number of amides is 2. The van der Waals surface area contributed by atoms with E-state index in [-0.39, 0.29) is 23.4 Å². The minimum atomic E-state index is -0.604. The maximum atomic E-state index is 13.4. The molecule has 1 N–H and O–H groups in total. The standard InChI is InChI=1S/C19H19FN4O3/c1-23-14-8-7-12(20)11-13(14)21-19(23)22-17(25)15-5-2-3-9-24(15)18(26)16-6-4-10-27-16/h4,6-8,10-11,15H,2-3,5,9H2,1H3,(H,21,22,25). The van der Waals surface area contributed by atoms with Crippen molar-refractivity contribution < 1.29 is 18.4 Å². The molecule has 0 spiro atoms. The van der Waals surface area contributed by atoms with Crippen molar-refractivity contribution in [1.29, 1.82) is 0 Å². The Morgan fingerprint density at radius 1 is 1.30 bits per heavy atom. The molecule has 0 aliphatic carbocycles. The number of hydrogen-bond donors (Lipinski definition) is 1. The molecule has 7 nitrogen and oxygen atoms in total. The van der Waals surface area contributed by atoms with Crippen molar-refractivity contribution in [2.75, 3.05) is 11.9 Å². The summed E-state index contributed by atoms with van der Waals surface area (Å²) in [7, 11) is 1.75. The van der Waals surface area contributed by atoms with Crippen LogP contribution >= 0.6 is 0 Å². The van der Waals surface area contributed by atoms with E-state index in [0.717, 1.165) is 12.8 Å². The van der Waals surface area contributed by atoms with Crippen LogP contribution in [-0.2, 0) is 11.8 Å². The molecule has 0 radical (unpaired) electrons. The van der Waals surface area contributed by atoms with E-state index in [1.54, 1.807) is 34.7 Å². The highest BCUT2D eigenvalue weighted by atomic mass is 19.1. The van der Waals surface area contributed by atoms with Gasteiger partial charge in [-0.3, -0.25) is 14.9 Å². The number of nitrogens with one attached hydrogen (secondary N) is 1. The third-order valence-corrected chi connectivity index (χ3v) is 4.88. The van der Waals surface area contributed by atoms with Gasteiger partial charge in [0.2, 0.25) is 11.9 Å². The number of aryl methyl sites for hydroxylation is 1. The van der Waals surface area contributed by atoms with Crippen molar-refractivity contribution in [3.8, 4) is 0 Å². The van der Waals surface area contributed by atoms with E-state index >= 15 is 0 Å². The summed E-state index contributed by atoms with van der Waals surface area (Å²) in [4.78, 5) is 31.4. The zero-order valence-electron chi connectivity index (χ0n) is 14.8. The number of carbonyl (C=O) groups is 2. The number of imidazole rings is 1. The lowest BCUT2D eigenvalue weighted by atomic mass is 10.0. The Bertz CT molecular complexity index is 996. The van der Waals surface area contributed by atoms with E-state index in [0.29, 0.717) is 29.9 Å². The number of carbonyl (C=O) groups excluding carboxylic acids is 2. The number of benzene rings is 1. The van der Waals surface area contributed by atoms with Gasteiger partial charge in [0.05, 0.1) is 17.3 Å². The second-order valence-electron chi connectivity index (χ2n) is 6.60. The number of anilines is 1. The molecule has 27 heavy (non-hydrogen) atoms. The van der Waals surface area contributed by atoms with Crippen LogP contribution in [0.4, 0.5) is 10.3 Å². The third-order valence-electron chi connectivity index (χ3n) is 4.88. The first kappa shape index (κ1) is 17.3. The monoisotopic (exact) mass is 370 g/mol. The number of halogens is 1. The van der Waals surface area contributed by atoms with Gasteiger partial charge >= 0.3 is 0 Å². The maximum Gasteiger partial charge on any atom is 0.290 e. The summed E-state index contributed by atoms with van der Waals surface area (Å²) in [6.45, 7) is 0.491. The van der Waals surface area contributed by atoms with E-state index in [4.69, 9.17) is 4.42 Å². The maximum absolute atomic E-state index is 13.4. The lowest BCUT2D eigenvalue weighted by Crippen LogP contribution is -2.50. The number of furan rings is 1. The van der Waals surface area contributed by atoms with Crippen LogP contribution in [0, 0.1) is 5.82 Å². The molecule has 3 heterocycles. The molecule has 1 saturated heterocycles. The fourth-order valence-corrected chi connectivity index (χ4v) is 3.47. The Morgan fingerprint density at radius 2 is 2.15 bits per heavy atom. The van der Waals surface area contributed by atoms with Crippen LogP contribution in [-0.4, -0.2) is 38.9 Å². The van der Waals surface area contributed by atoms with Gasteiger partial charge in [0.1, 0.15) is 11.9 Å². The highest BCUT2D eigenvalue weighted by Crippen LogP contribution is 2.23.